The Morgan fingerprint density at radius 2 is 1.50 bits per heavy atom. The van der Waals surface area contributed by atoms with Crippen LogP contribution in [-0.4, -0.2) is 19.1 Å². The van der Waals surface area contributed by atoms with Crippen LogP contribution in [0.1, 0.15) is 0 Å². The molecule has 0 spiro atoms. The van der Waals surface area contributed by atoms with Gasteiger partial charge in [0.15, 0.2) is 0 Å². The van der Waals surface area contributed by atoms with Crippen LogP contribution in [0.15, 0.2) is 122 Å². The zero-order chi connectivity index (χ0) is 22.5. The molecule has 0 aliphatic carbocycles. The Hall–Kier alpha value is -4.70. The summed E-state index contributed by atoms with van der Waals surface area (Å²) in [4.78, 5) is 9.20. The van der Waals surface area contributed by atoms with Crippen LogP contribution in [0, 0.1) is 0 Å². The molecule has 7 aromatic rings. The van der Waals surface area contributed by atoms with Gasteiger partial charge in [0.05, 0.1) is 22.2 Å². The maximum Gasteiger partial charge on any atom is 0.137 e. The Morgan fingerprint density at radius 1 is 0.618 bits per heavy atom. The zero-order valence-corrected chi connectivity index (χ0v) is 18.3. The van der Waals surface area contributed by atoms with Crippen LogP contribution in [0.25, 0.3) is 55.5 Å². The molecule has 0 fully saturated rings. The monoisotopic (exact) mass is 436 g/mol. The number of benzene rings is 3. The van der Waals surface area contributed by atoms with E-state index in [4.69, 9.17) is 4.98 Å². The lowest BCUT2D eigenvalue weighted by molar-refractivity contribution is 1.05. The first-order chi connectivity index (χ1) is 16.9. The van der Waals surface area contributed by atoms with Crippen LogP contribution < -0.4 is 0 Å². The second-order valence-corrected chi connectivity index (χ2v) is 8.42. The average molecular weight is 437 g/mol. The number of hydrogen-bond donors (Lipinski definition) is 0. The summed E-state index contributed by atoms with van der Waals surface area (Å²) in [6.07, 6.45) is 5.74. The van der Waals surface area contributed by atoms with Crippen LogP contribution in [0.2, 0.25) is 0 Å². The summed E-state index contributed by atoms with van der Waals surface area (Å²) < 4.78 is 4.52. The van der Waals surface area contributed by atoms with Crippen molar-refractivity contribution in [2.24, 2.45) is 0 Å². The van der Waals surface area contributed by atoms with E-state index in [1.54, 1.807) is 6.20 Å². The Kier molecular flexibility index (Phi) is 4.11. The Bertz CT molecular complexity index is 1790. The summed E-state index contributed by atoms with van der Waals surface area (Å²) in [6.45, 7) is 0. The van der Waals surface area contributed by atoms with Crippen LogP contribution in [-0.2, 0) is 0 Å². The quantitative estimate of drug-likeness (QED) is 0.294. The van der Waals surface area contributed by atoms with E-state index in [2.05, 4.69) is 105 Å². The molecule has 4 heterocycles. The van der Waals surface area contributed by atoms with Gasteiger partial charge in [0.1, 0.15) is 5.82 Å². The third kappa shape index (κ3) is 2.86. The van der Waals surface area contributed by atoms with E-state index < -0.39 is 0 Å². The highest BCUT2D eigenvalue weighted by Gasteiger charge is 2.15. The normalized spacial score (nSPS) is 11.5. The molecule has 0 saturated heterocycles. The second kappa shape index (κ2) is 7.42. The summed E-state index contributed by atoms with van der Waals surface area (Å²) in [5, 5.41) is 3.70. The molecule has 4 heteroatoms. The van der Waals surface area contributed by atoms with Crippen molar-refractivity contribution in [3.8, 4) is 22.8 Å². The molecule has 0 unspecified atom stereocenters. The molecule has 0 aliphatic heterocycles. The van der Waals surface area contributed by atoms with Crippen molar-refractivity contribution in [3.05, 3.63) is 122 Å². The van der Waals surface area contributed by atoms with Gasteiger partial charge in [-0.15, -0.1) is 0 Å². The number of hydrogen-bond acceptors (Lipinski definition) is 2. The van der Waals surface area contributed by atoms with E-state index in [-0.39, 0.29) is 0 Å². The molecule has 0 bridgehead atoms. The number of rotatable bonds is 3. The first kappa shape index (κ1) is 18.8. The molecule has 34 heavy (non-hydrogen) atoms. The fourth-order valence-corrected chi connectivity index (χ4v) is 4.89. The van der Waals surface area contributed by atoms with E-state index in [1.165, 1.54) is 27.2 Å². The van der Waals surface area contributed by atoms with Gasteiger partial charge >= 0.3 is 0 Å². The SMILES string of the molecule is c1ccc(-n2c3ccccc3c3cc4ccn(-c5cccc(-c6cccnc6)n5)c4cc32)cc1. The minimum absolute atomic E-state index is 0.887. The van der Waals surface area contributed by atoms with Gasteiger partial charge in [-0.05, 0) is 60.7 Å². The fourth-order valence-electron chi connectivity index (χ4n) is 4.89. The van der Waals surface area contributed by atoms with Crippen molar-refractivity contribution in [2.75, 3.05) is 0 Å². The van der Waals surface area contributed by atoms with Crippen molar-refractivity contribution in [3.63, 3.8) is 0 Å². The molecule has 0 amide bonds. The van der Waals surface area contributed by atoms with Crippen LogP contribution in [0.4, 0.5) is 0 Å². The van der Waals surface area contributed by atoms with Gasteiger partial charge in [0.25, 0.3) is 0 Å². The van der Waals surface area contributed by atoms with Crippen molar-refractivity contribution in [1.82, 2.24) is 19.1 Å². The van der Waals surface area contributed by atoms with Gasteiger partial charge < -0.3 is 9.13 Å². The van der Waals surface area contributed by atoms with Gasteiger partial charge in [0, 0.05) is 46.0 Å². The molecule has 0 saturated carbocycles. The van der Waals surface area contributed by atoms with Crippen molar-refractivity contribution >= 4 is 32.7 Å². The predicted molar refractivity (Wildman–Crippen MR) is 139 cm³/mol. The van der Waals surface area contributed by atoms with E-state index >= 15 is 0 Å². The van der Waals surface area contributed by atoms with E-state index in [0.717, 1.165) is 28.3 Å². The van der Waals surface area contributed by atoms with Gasteiger partial charge in [0.2, 0.25) is 0 Å². The number of nitrogens with zero attached hydrogens (tertiary/aromatic N) is 4. The first-order valence-electron chi connectivity index (χ1n) is 11.3. The Balaban J connectivity index is 1.49. The lowest BCUT2D eigenvalue weighted by atomic mass is 10.1. The molecule has 3 aromatic carbocycles. The number of pyridine rings is 2. The molecular weight excluding hydrogens is 416 g/mol. The van der Waals surface area contributed by atoms with E-state index in [9.17, 15) is 0 Å². The molecular formula is C30H20N4. The summed E-state index contributed by atoms with van der Waals surface area (Å²) in [6, 6.07) is 36.0. The van der Waals surface area contributed by atoms with Crippen molar-refractivity contribution in [1.29, 1.82) is 0 Å². The highest BCUT2D eigenvalue weighted by molar-refractivity contribution is 6.13. The predicted octanol–water partition coefficient (Wildman–Crippen LogP) is 7.18. The van der Waals surface area contributed by atoms with Gasteiger partial charge in [-0.25, -0.2) is 4.98 Å². The molecule has 0 radical (unpaired) electrons. The van der Waals surface area contributed by atoms with Crippen LogP contribution in [0.3, 0.4) is 0 Å². The van der Waals surface area contributed by atoms with Crippen LogP contribution in [0.5, 0.6) is 0 Å². The summed E-state index contributed by atoms with van der Waals surface area (Å²) in [7, 11) is 0. The molecule has 160 valence electrons. The molecule has 4 nitrogen and oxygen atoms in total. The van der Waals surface area contributed by atoms with Gasteiger partial charge in [-0.3, -0.25) is 4.98 Å². The Labute approximate surface area is 196 Å². The van der Waals surface area contributed by atoms with Crippen molar-refractivity contribution in [2.45, 2.75) is 0 Å². The zero-order valence-electron chi connectivity index (χ0n) is 18.3. The molecule has 4 aromatic heterocycles. The first-order valence-corrected chi connectivity index (χ1v) is 11.3. The largest absolute Gasteiger partial charge is 0.309 e. The maximum atomic E-state index is 4.96. The molecule has 7 rings (SSSR count). The molecule has 0 N–H and O–H groups in total. The summed E-state index contributed by atoms with van der Waals surface area (Å²) in [5.41, 5.74) is 6.59. The second-order valence-electron chi connectivity index (χ2n) is 8.42. The minimum Gasteiger partial charge on any atom is -0.309 e. The summed E-state index contributed by atoms with van der Waals surface area (Å²) in [5.74, 6) is 0.887. The number of aromatic nitrogens is 4. The maximum absolute atomic E-state index is 4.96. The topological polar surface area (TPSA) is 35.6 Å². The Morgan fingerprint density at radius 3 is 2.38 bits per heavy atom. The minimum atomic E-state index is 0.887. The average Bonchev–Trinajstić information content (AvgIpc) is 3.47. The standard InChI is InChI=1S/C30H20N4/c1-2-9-23(10-3-1)34-27-13-5-4-11-24(27)25-18-21-15-17-33(28(21)19-29(25)34)30-14-6-12-26(32-30)22-8-7-16-31-20-22/h1-20H. The molecule has 0 aliphatic rings. The lowest BCUT2D eigenvalue weighted by Gasteiger charge is -2.09. The smallest absolute Gasteiger partial charge is 0.137 e. The highest BCUT2D eigenvalue weighted by atomic mass is 15.1. The third-order valence-electron chi connectivity index (χ3n) is 6.44. The molecule has 0 atom stereocenters. The van der Waals surface area contributed by atoms with E-state index in [1.807, 2.05) is 24.4 Å². The summed E-state index contributed by atoms with van der Waals surface area (Å²) >= 11 is 0. The number of para-hydroxylation sites is 2. The number of fused-ring (bicyclic) bond motifs is 4. The fraction of sp³-hybridized carbons (Fsp3) is 0. The van der Waals surface area contributed by atoms with Crippen molar-refractivity contribution < 1.29 is 0 Å². The van der Waals surface area contributed by atoms with Gasteiger partial charge in [-0.1, -0.05) is 42.5 Å². The highest BCUT2D eigenvalue weighted by Crippen LogP contribution is 2.35. The van der Waals surface area contributed by atoms with Crippen LogP contribution >= 0.6 is 0 Å². The lowest BCUT2D eigenvalue weighted by Crippen LogP contribution is -1.98. The van der Waals surface area contributed by atoms with E-state index in [0.29, 0.717) is 0 Å². The van der Waals surface area contributed by atoms with Gasteiger partial charge in [-0.2, -0.15) is 0 Å². The third-order valence-corrected chi connectivity index (χ3v) is 6.44.